The normalized spacial score (nSPS) is 9.71. The van der Waals surface area contributed by atoms with Gasteiger partial charge in [0.15, 0.2) is 0 Å². The van der Waals surface area contributed by atoms with Crippen molar-refractivity contribution >= 4 is 5.97 Å². The van der Waals surface area contributed by atoms with Crippen LogP contribution in [0, 0.1) is 11.3 Å². The molecule has 1 heterocycles. The number of carboxylic acids is 1. The summed E-state index contributed by atoms with van der Waals surface area (Å²) in [6.07, 6.45) is 1.51. The van der Waals surface area contributed by atoms with Crippen molar-refractivity contribution in [1.29, 1.82) is 5.26 Å². The molecule has 2 aromatic rings. The lowest BCUT2D eigenvalue weighted by Crippen LogP contribution is -2.05. The minimum absolute atomic E-state index is 0.00301. The molecule has 0 aliphatic carbocycles. The van der Waals surface area contributed by atoms with E-state index in [1.807, 2.05) is 6.07 Å². The Balaban J connectivity index is 2.24. The number of aromatic nitrogens is 1. The van der Waals surface area contributed by atoms with Crippen molar-refractivity contribution in [2.75, 3.05) is 7.11 Å². The molecule has 0 spiro atoms. The fourth-order valence-electron chi connectivity index (χ4n) is 1.74. The average molecular weight is 284 g/mol. The molecular formula is C15H12N2O4. The fraction of sp³-hybridized carbons (Fsp3) is 0.133. The van der Waals surface area contributed by atoms with E-state index in [0.29, 0.717) is 11.3 Å². The summed E-state index contributed by atoms with van der Waals surface area (Å²) in [5, 5.41) is 18.1. The van der Waals surface area contributed by atoms with E-state index in [9.17, 15) is 9.90 Å². The highest BCUT2D eigenvalue weighted by Crippen LogP contribution is 2.25. The van der Waals surface area contributed by atoms with Crippen LogP contribution in [0.3, 0.4) is 0 Å². The van der Waals surface area contributed by atoms with Crippen LogP contribution in [-0.2, 0) is 6.61 Å². The Morgan fingerprint density at radius 2 is 2.24 bits per heavy atom. The molecule has 1 aromatic heterocycles. The van der Waals surface area contributed by atoms with Crippen LogP contribution in [0.4, 0.5) is 0 Å². The number of benzene rings is 1. The molecule has 0 saturated heterocycles. The lowest BCUT2D eigenvalue weighted by Gasteiger charge is -2.11. The molecule has 0 radical (unpaired) electrons. The molecule has 0 aliphatic heterocycles. The van der Waals surface area contributed by atoms with E-state index >= 15 is 0 Å². The molecule has 106 valence electrons. The van der Waals surface area contributed by atoms with E-state index in [4.69, 9.17) is 14.7 Å². The lowest BCUT2D eigenvalue weighted by atomic mass is 10.2. The second kappa shape index (κ2) is 6.39. The number of pyridine rings is 1. The predicted octanol–water partition coefficient (Wildman–Crippen LogP) is 2.24. The third-order valence-corrected chi connectivity index (χ3v) is 2.80. The summed E-state index contributed by atoms with van der Waals surface area (Å²) in [4.78, 5) is 15.1. The Kier molecular flexibility index (Phi) is 4.36. The van der Waals surface area contributed by atoms with Gasteiger partial charge in [0, 0.05) is 11.8 Å². The van der Waals surface area contributed by atoms with Crippen molar-refractivity contribution in [3.63, 3.8) is 0 Å². The molecular weight excluding hydrogens is 272 g/mol. The largest absolute Gasteiger partial charge is 0.497 e. The van der Waals surface area contributed by atoms with Crippen molar-refractivity contribution in [3.8, 4) is 17.6 Å². The number of ether oxygens (including phenoxy) is 2. The molecule has 0 atom stereocenters. The zero-order chi connectivity index (χ0) is 15.2. The van der Waals surface area contributed by atoms with E-state index in [1.54, 1.807) is 18.2 Å². The molecule has 0 saturated carbocycles. The van der Waals surface area contributed by atoms with Gasteiger partial charge in [-0.25, -0.2) is 9.78 Å². The van der Waals surface area contributed by atoms with Gasteiger partial charge in [0.2, 0.25) is 0 Å². The highest BCUT2D eigenvalue weighted by atomic mass is 16.5. The van der Waals surface area contributed by atoms with Crippen LogP contribution in [0.1, 0.15) is 21.6 Å². The van der Waals surface area contributed by atoms with Crippen LogP contribution < -0.4 is 9.47 Å². The molecule has 1 aromatic carbocycles. The van der Waals surface area contributed by atoms with Crippen LogP contribution in [-0.4, -0.2) is 23.2 Å². The summed E-state index contributed by atoms with van der Waals surface area (Å²) in [6.45, 7) is 0.0589. The van der Waals surface area contributed by atoms with Gasteiger partial charge in [-0.15, -0.1) is 0 Å². The van der Waals surface area contributed by atoms with Gasteiger partial charge in [-0.3, -0.25) is 0 Å². The molecule has 1 N–H and O–H groups in total. The third kappa shape index (κ3) is 3.28. The molecule has 6 heteroatoms. The molecule has 0 fully saturated rings. The molecule has 0 aliphatic rings. The van der Waals surface area contributed by atoms with Crippen LogP contribution in [0.15, 0.2) is 36.5 Å². The highest BCUT2D eigenvalue weighted by molar-refractivity contribution is 5.91. The fourth-order valence-corrected chi connectivity index (χ4v) is 1.74. The first-order chi connectivity index (χ1) is 10.2. The van der Waals surface area contributed by atoms with E-state index < -0.39 is 5.97 Å². The summed E-state index contributed by atoms with van der Waals surface area (Å²) < 4.78 is 10.5. The smallest absolute Gasteiger partial charge is 0.339 e. The van der Waals surface area contributed by atoms with Gasteiger partial charge in [-0.1, -0.05) is 6.07 Å². The van der Waals surface area contributed by atoms with E-state index in [-0.39, 0.29) is 23.6 Å². The second-order valence-corrected chi connectivity index (χ2v) is 4.08. The Hall–Kier alpha value is -3.07. The van der Waals surface area contributed by atoms with Crippen LogP contribution >= 0.6 is 0 Å². The molecule has 6 nitrogen and oxygen atoms in total. The van der Waals surface area contributed by atoms with E-state index in [1.165, 1.54) is 25.4 Å². The maximum absolute atomic E-state index is 11.2. The van der Waals surface area contributed by atoms with Crippen molar-refractivity contribution < 1.29 is 19.4 Å². The quantitative estimate of drug-likeness (QED) is 0.905. The Morgan fingerprint density at radius 3 is 2.90 bits per heavy atom. The van der Waals surface area contributed by atoms with Crippen LogP contribution in [0.5, 0.6) is 11.5 Å². The minimum atomic E-state index is -1.12. The Bertz CT molecular complexity index is 707. The number of aromatic carboxylic acids is 1. The number of methoxy groups -OCH3 is 1. The van der Waals surface area contributed by atoms with Crippen molar-refractivity contribution in [2.45, 2.75) is 6.61 Å². The third-order valence-electron chi connectivity index (χ3n) is 2.80. The van der Waals surface area contributed by atoms with Gasteiger partial charge >= 0.3 is 5.97 Å². The molecule has 0 unspecified atom stereocenters. The van der Waals surface area contributed by atoms with Gasteiger partial charge in [0.05, 0.1) is 7.11 Å². The second-order valence-electron chi connectivity index (χ2n) is 4.08. The summed E-state index contributed by atoms with van der Waals surface area (Å²) in [5.41, 5.74) is 0.840. The van der Waals surface area contributed by atoms with E-state index in [2.05, 4.69) is 4.98 Å². The molecule has 0 bridgehead atoms. The van der Waals surface area contributed by atoms with Gasteiger partial charge in [-0.2, -0.15) is 5.26 Å². The summed E-state index contributed by atoms with van der Waals surface area (Å²) in [7, 11) is 1.45. The minimum Gasteiger partial charge on any atom is -0.497 e. The molecule has 2 rings (SSSR count). The van der Waals surface area contributed by atoms with Gasteiger partial charge in [0.25, 0.3) is 0 Å². The van der Waals surface area contributed by atoms with Crippen LogP contribution in [0.2, 0.25) is 0 Å². The number of hydrogen-bond acceptors (Lipinski definition) is 5. The van der Waals surface area contributed by atoms with Gasteiger partial charge in [0.1, 0.15) is 35.4 Å². The zero-order valence-corrected chi connectivity index (χ0v) is 11.2. The van der Waals surface area contributed by atoms with Crippen molar-refractivity contribution in [2.24, 2.45) is 0 Å². The lowest BCUT2D eigenvalue weighted by molar-refractivity contribution is 0.0691. The van der Waals surface area contributed by atoms with Gasteiger partial charge in [-0.05, 0) is 24.3 Å². The Labute approximate surface area is 121 Å². The SMILES string of the molecule is COc1ccc(OCc2cccnc2C#N)c(C(=O)O)c1. The summed E-state index contributed by atoms with van der Waals surface area (Å²) >= 11 is 0. The van der Waals surface area contributed by atoms with E-state index in [0.717, 1.165) is 0 Å². The number of carboxylic acid groups (broad SMARTS) is 1. The summed E-state index contributed by atoms with van der Waals surface area (Å²) in [5.74, 6) is -0.481. The number of nitriles is 1. The first-order valence-corrected chi connectivity index (χ1v) is 6.04. The van der Waals surface area contributed by atoms with Gasteiger partial charge < -0.3 is 14.6 Å². The monoisotopic (exact) mass is 284 g/mol. The predicted molar refractivity (Wildman–Crippen MR) is 73.2 cm³/mol. The number of carbonyl (C=O) groups is 1. The topological polar surface area (TPSA) is 92.4 Å². The maximum Gasteiger partial charge on any atom is 0.339 e. The number of rotatable bonds is 5. The maximum atomic E-state index is 11.2. The van der Waals surface area contributed by atoms with Crippen molar-refractivity contribution in [1.82, 2.24) is 4.98 Å². The zero-order valence-electron chi connectivity index (χ0n) is 11.2. The number of nitrogens with zero attached hydrogens (tertiary/aromatic N) is 2. The van der Waals surface area contributed by atoms with Crippen molar-refractivity contribution in [3.05, 3.63) is 53.3 Å². The molecule has 0 amide bonds. The first kappa shape index (κ1) is 14.3. The number of hydrogen-bond donors (Lipinski definition) is 1. The average Bonchev–Trinajstić information content (AvgIpc) is 2.52. The highest BCUT2D eigenvalue weighted by Gasteiger charge is 2.13. The molecule has 21 heavy (non-hydrogen) atoms. The Morgan fingerprint density at radius 1 is 1.43 bits per heavy atom. The summed E-state index contributed by atoms with van der Waals surface area (Å²) in [6, 6.07) is 9.86. The first-order valence-electron chi connectivity index (χ1n) is 6.04. The standard InChI is InChI=1S/C15H12N2O4/c1-20-11-4-5-14(12(7-11)15(18)19)21-9-10-3-2-6-17-13(10)8-16/h2-7H,9H2,1H3,(H,18,19). The van der Waals surface area contributed by atoms with Crippen LogP contribution in [0.25, 0.3) is 0 Å².